The van der Waals surface area contributed by atoms with Crippen LogP contribution in [0.3, 0.4) is 0 Å². The molecular formula is C14H16BrNO2S2. The van der Waals surface area contributed by atoms with Gasteiger partial charge in [-0.3, -0.25) is 0 Å². The van der Waals surface area contributed by atoms with E-state index < -0.39 is 10.0 Å². The molecule has 1 aromatic heterocycles. The first-order valence-corrected chi connectivity index (χ1v) is 9.38. The third kappa shape index (κ3) is 4.15. The molecule has 0 atom stereocenters. The minimum absolute atomic E-state index is 0.363. The summed E-state index contributed by atoms with van der Waals surface area (Å²) in [7, 11) is -3.38. The van der Waals surface area contributed by atoms with Crippen LogP contribution in [0, 0.1) is 6.92 Å². The summed E-state index contributed by atoms with van der Waals surface area (Å²) in [4.78, 5) is 0. The molecule has 0 bridgehead atoms. The highest BCUT2D eigenvalue weighted by Gasteiger charge is 2.17. The molecule has 1 heterocycles. The zero-order valence-electron chi connectivity index (χ0n) is 11.1. The maximum Gasteiger partial charge on any atom is 0.250 e. The van der Waals surface area contributed by atoms with E-state index in [4.69, 9.17) is 0 Å². The summed E-state index contributed by atoms with van der Waals surface area (Å²) in [6.45, 7) is 2.33. The molecule has 0 saturated carbocycles. The molecule has 0 aliphatic heterocycles. The van der Waals surface area contributed by atoms with Crippen molar-refractivity contribution in [3.63, 3.8) is 0 Å². The van der Waals surface area contributed by atoms with E-state index in [0.29, 0.717) is 10.8 Å². The fourth-order valence-corrected chi connectivity index (χ4v) is 5.12. The molecule has 1 aromatic carbocycles. The first kappa shape index (κ1) is 15.7. The second kappa shape index (κ2) is 6.85. The molecule has 0 amide bonds. The van der Waals surface area contributed by atoms with Crippen molar-refractivity contribution in [2.75, 3.05) is 6.54 Å². The van der Waals surface area contributed by atoms with Gasteiger partial charge >= 0.3 is 0 Å². The Hall–Kier alpha value is -0.690. The summed E-state index contributed by atoms with van der Waals surface area (Å²) in [5, 5.41) is 0. The molecular weight excluding hydrogens is 358 g/mol. The van der Waals surface area contributed by atoms with E-state index in [1.807, 2.05) is 37.3 Å². The van der Waals surface area contributed by atoms with E-state index in [0.717, 1.165) is 22.2 Å². The lowest BCUT2D eigenvalue weighted by Gasteiger charge is -2.04. The molecule has 0 aliphatic carbocycles. The van der Waals surface area contributed by atoms with E-state index >= 15 is 0 Å². The van der Waals surface area contributed by atoms with E-state index in [1.165, 1.54) is 16.9 Å². The summed E-state index contributed by atoms with van der Waals surface area (Å²) in [5.74, 6) is 0. The standard InChI is InChI=1S/C14H16BrNO2S2/c1-11-10-13(19-14(11)15)20(17,18)16-9-5-8-12-6-3-2-4-7-12/h2-4,6-7,10,16H,5,8-9H2,1H3. The zero-order valence-corrected chi connectivity index (χ0v) is 14.3. The lowest BCUT2D eigenvalue weighted by molar-refractivity contribution is 0.581. The van der Waals surface area contributed by atoms with Crippen molar-refractivity contribution in [1.82, 2.24) is 4.72 Å². The van der Waals surface area contributed by atoms with Gasteiger partial charge in [-0.15, -0.1) is 11.3 Å². The molecule has 2 aromatic rings. The summed E-state index contributed by atoms with van der Waals surface area (Å²) in [6, 6.07) is 11.7. The summed E-state index contributed by atoms with van der Waals surface area (Å²) in [6.07, 6.45) is 1.66. The predicted molar refractivity (Wildman–Crippen MR) is 86.7 cm³/mol. The van der Waals surface area contributed by atoms with E-state index in [-0.39, 0.29) is 0 Å². The van der Waals surface area contributed by atoms with Crippen molar-refractivity contribution in [3.05, 3.63) is 51.3 Å². The lowest BCUT2D eigenvalue weighted by atomic mass is 10.1. The fourth-order valence-electron chi connectivity index (χ4n) is 1.78. The highest BCUT2D eigenvalue weighted by Crippen LogP contribution is 2.30. The highest BCUT2D eigenvalue weighted by atomic mass is 79.9. The summed E-state index contributed by atoms with van der Waals surface area (Å²) in [5.41, 5.74) is 2.17. The third-order valence-electron chi connectivity index (χ3n) is 2.88. The van der Waals surface area contributed by atoms with E-state index in [2.05, 4.69) is 20.7 Å². The van der Waals surface area contributed by atoms with Gasteiger partial charge in [0.25, 0.3) is 0 Å². The molecule has 0 fully saturated rings. The van der Waals surface area contributed by atoms with Crippen molar-refractivity contribution >= 4 is 37.3 Å². The predicted octanol–water partition coefficient (Wildman–Crippen LogP) is 3.73. The van der Waals surface area contributed by atoms with Crippen molar-refractivity contribution in [2.24, 2.45) is 0 Å². The molecule has 108 valence electrons. The normalized spacial score (nSPS) is 11.7. The van der Waals surface area contributed by atoms with Gasteiger partial charge in [0.2, 0.25) is 10.0 Å². The van der Waals surface area contributed by atoms with Crippen LogP contribution in [-0.2, 0) is 16.4 Å². The smallest absolute Gasteiger partial charge is 0.210 e. The second-order valence-corrected chi connectivity index (χ2v) is 8.87. The Bertz CT molecular complexity index is 646. The van der Waals surface area contributed by atoms with Crippen molar-refractivity contribution in [3.8, 4) is 0 Å². The van der Waals surface area contributed by atoms with Crippen LogP contribution < -0.4 is 4.72 Å². The monoisotopic (exact) mass is 373 g/mol. The SMILES string of the molecule is Cc1cc(S(=O)(=O)NCCCc2ccccc2)sc1Br. The maximum atomic E-state index is 12.1. The summed E-state index contributed by atoms with van der Waals surface area (Å²) >= 11 is 4.59. The maximum absolute atomic E-state index is 12.1. The Kier molecular flexibility index (Phi) is 5.37. The van der Waals surface area contributed by atoms with Gasteiger partial charge in [-0.05, 0) is 52.9 Å². The largest absolute Gasteiger partial charge is 0.250 e. The van der Waals surface area contributed by atoms with Crippen molar-refractivity contribution < 1.29 is 8.42 Å². The average Bonchev–Trinajstić information content (AvgIpc) is 2.77. The van der Waals surface area contributed by atoms with Crippen LogP contribution in [0.15, 0.2) is 44.4 Å². The van der Waals surface area contributed by atoms with Crippen LogP contribution in [0.2, 0.25) is 0 Å². The third-order valence-corrected chi connectivity index (χ3v) is 6.95. The molecule has 3 nitrogen and oxygen atoms in total. The van der Waals surface area contributed by atoms with E-state index in [1.54, 1.807) is 6.07 Å². The first-order valence-electron chi connectivity index (χ1n) is 6.28. The Morgan fingerprint density at radius 1 is 1.25 bits per heavy atom. The lowest BCUT2D eigenvalue weighted by Crippen LogP contribution is -2.24. The fraction of sp³-hybridized carbons (Fsp3) is 0.286. The number of nitrogens with one attached hydrogen (secondary N) is 1. The number of hydrogen-bond acceptors (Lipinski definition) is 3. The second-order valence-electron chi connectivity index (χ2n) is 4.51. The Balaban J connectivity index is 1.87. The summed E-state index contributed by atoms with van der Waals surface area (Å²) < 4.78 is 28.0. The van der Waals surface area contributed by atoms with Gasteiger partial charge in [0.15, 0.2) is 0 Å². The Morgan fingerprint density at radius 2 is 1.95 bits per heavy atom. The van der Waals surface area contributed by atoms with Crippen LogP contribution in [-0.4, -0.2) is 15.0 Å². The van der Waals surface area contributed by atoms with Gasteiger partial charge in [0.1, 0.15) is 4.21 Å². The minimum Gasteiger partial charge on any atom is -0.210 e. The van der Waals surface area contributed by atoms with Crippen LogP contribution in [0.1, 0.15) is 17.5 Å². The molecule has 0 spiro atoms. The van der Waals surface area contributed by atoms with Crippen LogP contribution >= 0.6 is 27.3 Å². The van der Waals surface area contributed by atoms with Gasteiger partial charge in [-0.2, -0.15) is 0 Å². The van der Waals surface area contributed by atoms with Gasteiger partial charge in [-0.25, -0.2) is 13.1 Å². The van der Waals surface area contributed by atoms with Crippen molar-refractivity contribution in [1.29, 1.82) is 0 Å². The zero-order chi connectivity index (χ0) is 14.6. The molecule has 20 heavy (non-hydrogen) atoms. The number of hydrogen-bond donors (Lipinski definition) is 1. The van der Waals surface area contributed by atoms with Gasteiger partial charge < -0.3 is 0 Å². The molecule has 0 saturated heterocycles. The van der Waals surface area contributed by atoms with Crippen LogP contribution in [0.4, 0.5) is 0 Å². The topological polar surface area (TPSA) is 46.2 Å². The highest BCUT2D eigenvalue weighted by molar-refractivity contribution is 9.11. The Morgan fingerprint density at radius 3 is 2.55 bits per heavy atom. The number of aryl methyl sites for hydroxylation is 2. The number of benzene rings is 1. The first-order chi connectivity index (χ1) is 9.49. The van der Waals surface area contributed by atoms with Gasteiger partial charge in [-0.1, -0.05) is 30.3 Å². The average molecular weight is 374 g/mol. The Labute approximate surface area is 132 Å². The molecule has 0 aliphatic rings. The van der Waals surface area contributed by atoms with Crippen molar-refractivity contribution in [2.45, 2.75) is 24.0 Å². The number of rotatable bonds is 6. The molecule has 6 heteroatoms. The van der Waals surface area contributed by atoms with Crippen LogP contribution in [0.25, 0.3) is 0 Å². The molecule has 1 N–H and O–H groups in total. The molecule has 0 unspecified atom stereocenters. The number of halogens is 1. The number of thiophene rings is 1. The van der Waals surface area contributed by atoms with Gasteiger partial charge in [0.05, 0.1) is 3.79 Å². The molecule has 2 rings (SSSR count). The molecule has 0 radical (unpaired) electrons. The van der Waals surface area contributed by atoms with Crippen LogP contribution in [0.5, 0.6) is 0 Å². The quantitative estimate of drug-likeness (QED) is 0.784. The van der Waals surface area contributed by atoms with Gasteiger partial charge in [0, 0.05) is 6.54 Å². The van der Waals surface area contributed by atoms with E-state index in [9.17, 15) is 8.42 Å². The minimum atomic E-state index is -3.38. The number of sulfonamides is 1.